The molecule has 0 fully saturated rings. The van der Waals surface area contributed by atoms with Gasteiger partial charge in [0.05, 0.1) is 10.2 Å². The average molecular weight is 328 g/mol. The van der Waals surface area contributed by atoms with E-state index in [0.717, 1.165) is 27.1 Å². The monoisotopic (exact) mass is 328 g/mol. The molecule has 2 aromatic carbocycles. The fourth-order valence-corrected chi connectivity index (χ4v) is 3.06. The maximum absolute atomic E-state index is 12.8. The first-order chi connectivity index (χ1) is 11.0. The average Bonchev–Trinajstić information content (AvgIpc) is 2.81. The van der Waals surface area contributed by atoms with E-state index in [9.17, 15) is 14.0 Å². The number of hydrogen-bond donors (Lipinski definition) is 1. The van der Waals surface area contributed by atoms with Crippen molar-refractivity contribution in [1.29, 1.82) is 0 Å². The molecule has 0 atom stereocenters. The Morgan fingerprint density at radius 2 is 1.96 bits per heavy atom. The third-order valence-electron chi connectivity index (χ3n) is 3.36. The van der Waals surface area contributed by atoms with Crippen molar-refractivity contribution >= 4 is 39.2 Å². The predicted octanol–water partition coefficient (Wildman–Crippen LogP) is 3.39. The maximum Gasteiger partial charge on any atom is 0.307 e. The molecule has 1 N–H and O–H groups in total. The fourth-order valence-electron chi connectivity index (χ4n) is 2.14. The highest BCUT2D eigenvalue weighted by atomic mass is 32.1. The van der Waals surface area contributed by atoms with Crippen molar-refractivity contribution in [3.8, 4) is 0 Å². The predicted molar refractivity (Wildman–Crippen MR) is 91.1 cm³/mol. The minimum atomic E-state index is -0.318. The number of benzene rings is 2. The highest BCUT2D eigenvalue weighted by molar-refractivity contribution is 7.16. The number of halogens is 1. The van der Waals surface area contributed by atoms with Crippen LogP contribution in [0, 0.1) is 5.82 Å². The number of carbonyl (C=O) groups excluding carboxylic acids is 1. The van der Waals surface area contributed by atoms with Crippen LogP contribution in [0.15, 0.2) is 53.3 Å². The van der Waals surface area contributed by atoms with E-state index in [2.05, 4.69) is 5.32 Å². The maximum atomic E-state index is 12.8. The summed E-state index contributed by atoms with van der Waals surface area (Å²) in [5.74, 6) is -0.612. The van der Waals surface area contributed by atoms with Crippen molar-refractivity contribution in [3.63, 3.8) is 0 Å². The molecular weight excluding hydrogens is 315 g/mol. The number of aromatic nitrogens is 1. The minimum Gasteiger partial charge on any atom is -0.322 e. The summed E-state index contributed by atoms with van der Waals surface area (Å²) in [6, 6.07) is 11.2. The Morgan fingerprint density at radius 3 is 2.70 bits per heavy atom. The lowest BCUT2D eigenvalue weighted by Crippen LogP contribution is -2.08. The van der Waals surface area contributed by atoms with E-state index in [4.69, 9.17) is 0 Å². The number of thiazole rings is 1. The third-order valence-corrected chi connectivity index (χ3v) is 4.35. The number of carbonyl (C=O) groups is 1. The molecule has 6 heteroatoms. The molecule has 0 aliphatic carbocycles. The van der Waals surface area contributed by atoms with Crippen LogP contribution in [0.3, 0.4) is 0 Å². The van der Waals surface area contributed by atoms with Gasteiger partial charge in [0.2, 0.25) is 5.91 Å². The summed E-state index contributed by atoms with van der Waals surface area (Å²) in [6.45, 7) is 0. The van der Waals surface area contributed by atoms with Gasteiger partial charge < -0.3 is 9.88 Å². The first-order valence-corrected chi connectivity index (χ1v) is 7.69. The van der Waals surface area contributed by atoms with Gasteiger partial charge in [0.25, 0.3) is 0 Å². The van der Waals surface area contributed by atoms with E-state index < -0.39 is 0 Å². The molecule has 4 nitrogen and oxygen atoms in total. The lowest BCUT2D eigenvalue weighted by atomic mass is 10.2. The Labute approximate surface area is 135 Å². The molecule has 0 saturated heterocycles. The number of nitrogens with zero attached hydrogens (tertiary/aromatic N) is 1. The van der Waals surface area contributed by atoms with Crippen LogP contribution < -0.4 is 10.2 Å². The normalized spacial score (nSPS) is 11.2. The zero-order chi connectivity index (χ0) is 16.4. The lowest BCUT2D eigenvalue weighted by molar-refractivity contribution is -0.111. The van der Waals surface area contributed by atoms with Gasteiger partial charge in [-0.25, -0.2) is 4.39 Å². The number of nitrogens with one attached hydrogen (secondary N) is 1. The topological polar surface area (TPSA) is 51.1 Å². The van der Waals surface area contributed by atoms with E-state index in [1.165, 1.54) is 18.2 Å². The number of hydrogen-bond acceptors (Lipinski definition) is 3. The van der Waals surface area contributed by atoms with Crippen molar-refractivity contribution in [2.45, 2.75) is 0 Å². The molecule has 0 bridgehead atoms. The van der Waals surface area contributed by atoms with Crippen LogP contribution in [-0.4, -0.2) is 10.5 Å². The molecule has 0 aliphatic rings. The van der Waals surface area contributed by atoms with Crippen LogP contribution in [0.5, 0.6) is 0 Å². The van der Waals surface area contributed by atoms with E-state index >= 15 is 0 Å². The standard InChI is InChI=1S/C17H13FN2O2S/c1-20-14-8-7-13(10-15(14)23-17(20)22)19-16(21)9-4-11-2-5-12(18)6-3-11/h2-10H,1H3,(H,19,21)/b9-4+. The second-order valence-electron chi connectivity index (χ2n) is 4.98. The second-order valence-corrected chi connectivity index (χ2v) is 5.98. The van der Waals surface area contributed by atoms with E-state index in [-0.39, 0.29) is 16.6 Å². The molecule has 3 rings (SSSR count). The SMILES string of the molecule is Cn1c(=O)sc2cc(NC(=O)/C=C/c3ccc(F)cc3)ccc21. The molecule has 0 spiro atoms. The Bertz CT molecular complexity index is 955. The van der Waals surface area contributed by atoms with Crippen molar-refractivity contribution in [2.24, 2.45) is 7.05 Å². The minimum absolute atomic E-state index is 0.0420. The molecule has 3 aromatic rings. The molecule has 23 heavy (non-hydrogen) atoms. The van der Waals surface area contributed by atoms with Crippen LogP contribution in [-0.2, 0) is 11.8 Å². The van der Waals surface area contributed by atoms with Crippen LogP contribution >= 0.6 is 11.3 Å². The molecule has 116 valence electrons. The van der Waals surface area contributed by atoms with Gasteiger partial charge in [-0.05, 0) is 42.0 Å². The van der Waals surface area contributed by atoms with Gasteiger partial charge in [-0.2, -0.15) is 0 Å². The molecule has 0 radical (unpaired) electrons. The summed E-state index contributed by atoms with van der Waals surface area (Å²) in [4.78, 5) is 23.5. The highest BCUT2D eigenvalue weighted by Gasteiger charge is 2.05. The van der Waals surface area contributed by atoms with Crippen LogP contribution in [0.4, 0.5) is 10.1 Å². The molecule has 0 saturated carbocycles. The summed E-state index contributed by atoms with van der Waals surface area (Å²) in [7, 11) is 1.71. The fraction of sp³-hybridized carbons (Fsp3) is 0.0588. The molecular formula is C17H13FN2O2S. The molecule has 1 amide bonds. The molecule has 1 aromatic heterocycles. The first kappa shape index (κ1) is 15.2. The summed E-state index contributed by atoms with van der Waals surface area (Å²) >= 11 is 1.13. The largest absolute Gasteiger partial charge is 0.322 e. The van der Waals surface area contributed by atoms with Crippen molar-refractivity contribution in [1.82, 2.24) is 4.57 Å². The number of aryl methyl sites for hydroxylation is 1. The second kappa shape index (κ2) is 6.18. The van der Waals surface area contributed by atoms with Crippen LogP contribution in [0.25, 0.3) is 16.3 Å². The summed E-state index contributed by atoms with van der Waals surface area (Å²) in [5.41, 5.74) is 2.19. The number of fused-ring (bicyclic) bond motifs is 1. The summed E-state index contributed by atoms with van der Waals surface area (Å²) in [5, 5.41) is 2.74. The molecule has 1 heterocycles. The number of anilines is 1. The van der Waals surface area contributed by atoms with Gasteiger partial charge >= 0.3 is 4.87 Å². The van der Waals surface area contributed by atoms with Crippen molar-refractivity contribution in [2.75, 3.05) is 5.32 Å². The van der Waals surface area contributed by atoms with Gasteiger partial charge in [-0.15, -0.1) is 0 Å². The Hall–Kier alpha value is -2.73. The zero-order valence-corrected chi connectivity index (χ0v) is 13.1. The number of rotatable bonds is 3. The lowest BCUT2D eigenvalue weighted by Gasteiger charge is -2.02. The molecule has 0 unspecified atom stereocenters. The smallest absolute Gasteiger partial charge is 0.307 e. The van der Waals surface area contributed by atoms with Gasteiger partial charge in [0.15, 0.2) is 0 Å². The summed E-state index contributed by atoms with van der Waals surface area (Å²) in [6.07, 6.45) is 2.99. The van der Waals surface area contributed by atoms with Gasteiger partial charge in [0.1, 0.15) is 5.82 Å². The van der Waals surface area contributed by atoms with Crippen LogP contribution in [0.1, 0.15) is 5.56 Å². The van der Waals surface area contributed by atoms with E-state index in [0.29, 0.717) is 5.69 Å². The molecule has 0 aliphatic heterocycles. The quantitative estimate of drug-likeness (QED) is 0.749. The first-order valence-electron chi connectivity index (χ1n) is 6.87. The highest BCUT2D eigenvalue weighted by Crippen LogP contribution is 2.21. The van der Waals surface area contributed by atoms with Crippen molar-refractivity contribution in [3.05, 3.63) is 69.6 Å². The Morgan fingerprint density at radius 1 is 1.22 bits per heavy atom. The van der Waals surface area contributed by atoms with Crippen LogP contribution in [0.2, 0.25) is 0 Å². The van der Waals surface area contributed by atoms with Gasteiger partial charge in [-0.3, -0.25) is 9.59 Å². The van der Waals surface area contributed by atoms with E-state index in [1.54, 1.807) is 48.0 Å². The third kappa shape index (κ3) is 3.37. The van der Waals surface area contributed by atoms with Gasteiger partial charge in [-0.1, -0.05) is 23.5 Å². The van der Waals surface area contributed by atoms with Gasteiger partial charge in [0, 0.05) is 18.8 Å². The Balaban J connectivity index is 1.74. The number of amides is 1. The zero-order valence-electron chi connectivity index (χ0n) is 12.2. The summed E-state index contributed by atoms with van der Waals surface area (Å²) < 4.78 is 15.2. The Kier molecular flexibility index (Phi) is 4.08. The van der Waals surface area contributed by atoms with Crippen molar-refractivity contribution < 1.29 is 9.18 Å². The van der Waals surface area contributed by atoms with E-state index in [1.807, 2.05) is 0 Å².